The second kappa shape index (κ2) is 4.08. The van der Waals surface area contributed by atoms with Crippen LogP contribution in [0.3, 0.4) is 0 Å². The van der Waals surface area contributed by atoms with Crippen molar-refractivity contribution in [3.05, 3.63) is 23.8 Å². The molecule has 0 radical (unpaired) electrons. The van der Waals surface area contributed by atoms with E-state index in [-0.39, 0.29) is 6.10 Å². The number of amides is 1. The van der Waals surface area contributed by atoms with Gasteiger partial charge in [0.25, 0.3) is 0 Å². The lowest BCUT2D eigenvalue weighted by Crippen LogP contribution is -2.45. The summed E-state index contributed by atoms with van der Waals surface area (Å²) >= 11 is 0. The van der Waals surface area contributed by atoms with Crippen LogP contribution in [0.5, 0.6) is 11.5 Å². The molecule has 0 spiro atoms. The smallest absolute Gasteiger partial charge is 0.407 e. The molecular formula is C13H15NO4. The Bertz CT molecular complexity index is 488. The second-order valence-corrected chi connectivity index (χ2v) is 4.68. The van der Waals surface area contributed by atoms with Crippen molar-refractivity contribution in [1.29, 1.82) is 0 Å². The molecule has 0 aliphatic carbocycles. The predicted molar refractivity (Wildman–Crippen MR) is 64.4 cm³/mol. The van der Waals surface area contributed by atoms with E-state index in [2.05, 4.69) is 0 Å². The quantitative estimate of drug-likeness (QED) is 0.826. The third-order valence-electron chi connectivity index (χ3n) is 3.73. The summed E-state index contributed by atoms with van der Waals surface area (Å²) in [7, 11) is 1.62. The van der Waals surface area contributed by atoms with Crippen molar-refractivity contribution >= 4 is 6.09 Å². The number of rotatable bonds is 1. The van der Waals surface area contributed by atoms with Crippen molar-refractivity contribution < 1.29 is 19.4 Å². The Morgan fingerprint density at radius 1 is 1.56 bits per heavy atom. The van der Waals surface area contributed by atoms with Crippen LogP contribution in [0.1, 0.15) is 17.9 Å². The Balaban J connectivity index is 1.84. The number of methoxy groups -OCH3 is 1. The van der Waals surface area contributed by atoms with Crippen LogP contribution in [-0.4, -0.2) is 42.4 Å². The van der Waals surface area contributed by atoms with Crippen LogP contribution < -0.4 is 9.47 Å². The van der Waals surface area contributed by atoms with Crippen LogP contribution in [0.15, 0.2) is 18.2 Å². The van der Waals surface area contributed by atoms with Crippen LogP contribution in [0, 0.1) is 0 Å². The zero-order chi connectivity index (χ0) is 12.7. The molecular weight excluding hydrogens is 234 g/mol. The van der Waals surface area contributed by atoms with E-state index in [1.807, 2.05) is 18.2 Å². The van der Waals surface area contributed by atoms with Gasteiger partial charge in [-0.15, -0.1) is 0 Å². The number of ether oxygens (including phenoxy) is 2. The van der Waals surface area contributed by atoms with Gasteiger partial charge in [0.05, 0.1) is 13.7 Å². The minimum Gasteiger partial charge on any atom is -0.497 e. The van der Waals surface area contributed by atoms with E-state index in [0.717, 1.165) is 17.9 Å². The summed E-state index contributed by atoms with van der Waals surface area (Å²) in [5.74, 6) is 1.90. The molecule has 3 rings (SSSR count). The average molecular weight is 249 g/mol. The summed E-state index contributed by atoms with van der Waals surface area (Å²) in [6, 6.07) is 5.82. The molecule has 1 fully saturated rings. The predicted octanol–water partition coefficient (Wildman–Crippen LogP) is 1.92. The third-order valence-corrected chi connectivity index (χ3v) is 3.73. The van der Waals surface area contributed by atoms with Gasteiger partial charge < -0.3 is 19.5 Å². The number of likely N-dealkylation sites (tertiary alicyclic amines) is 1. The van der Waals surface area contributed by atoms with Crippen molar-refractivity contribution in [2.24, 2.45) is 0 Å². The lowest BCUT2D eigenvalue weighted by atomic mass is 9.89. The minimum absolute atomic E-state index is 0.0584. The lowest BCUT2D eigenvalue weighted by Gasteiger charge is -2.32. The van der Waals surface area contributed by atoms with E-state index < -0.39 is 6.09 Å². The maximum atomic E-state index is 11.0. The molecule has 2 aliphatic rings. The number of benzene rings is 1. The molecule has 1 amide bonds. The van der Waals surface area contributed by atoms with Gasteiger partial charge in [-0.2, -0.15) is 0 Å². The summed E-state index contributed by atoms with van der Waals surface area (Å²) in [4.78, 5) is 12.4. The van der Waals surface area contributed by atoms with Crippen molar-refractivity contribution in [3.8, 4) is 11.5 Å². The fraction of sp³-hybridized carbons (Fsp3) is 0.462. The summed E-state index contributed by atoms with van der Waals surface area (Å²) in [6.07, 6.45) is -0.112. The first kappa shape index (κ1) is 11.2. The lowest BCUT2D eigenvalue weighted by molar-refractivity contribution is 0.0812. The largest absolute Gasteiger partial charge is 0.497 e. The molecule has 2 unspecified atom stereocenters. The van der Waals surface area contributed by atoms with Crippen LogP contribution in [0.2, 0.25) is 0 Å². The highest BCUT2D eigenvalue weighted by Gasteiger charge is 2.40. The average Bonchev–Trinajstić information content (AvgIpc) is 2.74. The Labute approximate surface area is 105 Å². The molecule has 96 valence electrons. The van der Waals surface area contributed by atoms with Crippen LogP contribution in [-0.2, 0) is 0 Å². The van der Waals surface area contributed by atoms with Gasteiger partial charge in [0, 0.05) is 24.1 Å². The molecule has 1 saturated heterocycles. The minimum atomic E-state index is -0.870. The standard InChI is InChI=1S/C13H15NO4/c1-17-8-2-3-9-10-4-5-14(13(15)16)7-12(10)18-11(9)6-8/h2-3,6,10,12H,4-5,7H2,1H3,(H,15,16). The van der Waals surface area contributed by atoms with Crippen molar-refractivity contribution in [1.82, 2.24) is 4.90 Å². The second-order valence-electron chi connectivity index (χ2n) is 4.68. The first-order valence-corrected chi connectivity index (χ1v) is 6.01. The Hall–Kier alpha value is -1.91. The molecule has 1 aromatic carbocycles. The van der Waals surface area contributed by atoms with Gasteiger partial charge in [0.2, 0.25) is 0 Å². The maximum Gasteiger partial charge on any atom is 0.407 e. The fourth-order valence-electron chi connectivity index (χ4n) is 2.78. The van der Waals surface area contributed by atoms with Crippen LogP contribution in [0.4, 0.5) is 4.79 Å². The molecule has 1 aromatic rings. The molecule has 2 heterocycles. The summed E-state index contributed by atoms with van der Waals surface area (Å²) in [5, 5.41) is 9.01. The molecule has 1 N–H and O–H groups in total. The molecule has 2 atom stereocenters. The van der Waals surface area contributed by atoms with Crippen molar-refractivity contribution in [2.75, 3.05) is 20.2 Å². The van der Waals surface area contributed by atoms with E-state index in [4.69, 9.17) is 14.6 Å². The topological polar surface area (TPSA) is 59.0 Å². The fourth-order valence-corrected chi connectivity index (χ4v) is 2.78. The van der Waals surface area contributed by atoms with Gasteiger partial charge >= 0.3 is 6.09 Å². The van der Waals surface area contributed by atoms with Crippen molar-refractivity contribution in [3.63, 3.8) is 0 Å². The summed E-state index contributed by atoms with van der Waals surface area (Å²) in [5.41, 5.74) is 1.17. The third kappa shape index (κ3) is 1.66. The van der Waals surface area contributed by atoms with Crippen LogP contribution >= 0.6 is 0 Å². The van der Waals surface area contributed by atoms with E-state index in [0.29, 0.717) is 19.0 Å². The van der Waals surface area contributed by atoms with Gasteiger partial charge in [-0.05, 0) is 12.5 Å². The van der Waals surface area contributed by atoms with E-state index in [1.54, 1.807) is 7.11 Å². The van der Waals surface area contributed by atoms with E-state index >= 15 is 0 Å². The number of hydrogen-bond donors (Lipinski definition) is 1. The first-order chi connectivity index (χ1) is 8.69. The van der Waals surface area contributed by atoms with Gasteiger partial charge in [0.1, 0.15) is 17.6 Å². The number of carboxylic acid groups (broad SMARTS) is 1. The summed E-state index contributed by atoms with van der Waals surface area (Å²) in [6.45, 7) is 1.02. The first-order valence-electron chi connectivity index (χ1n) is 6.01. The maximum absolute atomic E-state index is 11.0. The zero-order valence-corrected chi connectivity index (χ0v) is 10.1. The highest BCUT2D eigenvalue weighted by molar-refractivity contribution is 5.65. The molecule has 0 aromatic heterocycles. The Kier molecular flexibility index (Phi) is 2.54. The van der Waals surface area contributed by atoms with Gasteiger partial charge in [-0.3, -0.25) is 0 Å². The number of hydrogen-bond acceptors (Lipinski definition) is 3. The van der Waals surface area contributed by atoms with Gasteiger partial charge in [-0.25, -0.2) is 4.79 Å². The molecule has 18 heavy (non-hydrogen) atoms. The zero-order valence-electron chi connectivity index (χ0n) is 10.1. The molecule has 2 aliphatic heterocycles. The van der Waals surface area contributed by atoms with Gasteiger partial charge in [0.15, 0.2) is 0 Å². The van der Waals surface area contributed by atoms with Gasteiger partial charge in [-0.1, -0.05) is 6.07 Å². The highest BCUT2D eigenvalue weighted by Crippen LogP contribution is 2.43. The number of nitrogens with zero attached hydrogens (tertiary/aromatic N) is 1. The van der Waals surface area contributed by atoms with E-state index in [1.165, 1.54) is 10.5 Å². The Morgan fingerprint density at radius 2 is 2.39 bits per heavy atom. The molecule has 0 bridgehead atoms. The molecule has 5 heteroatoms. The van der Waals surface area contributed by atoms with E-state index in [9.17, 15) is 4.79 Å². The molecule has 5 nitrogen and oxygen atoms in total. The number of fused-ring (bicyclic) bond motifs is 3. The highest BCUT2D eigenvalue weighted by atomic mass is 16.5. The Morgan fingerprint density at radius 3 is 3.11 bits per heavy atom. The van der Waals surface area contributed by atoms with Crippen LogP contribution in [0.25, 0.3) is 0 Å². The SMILES string of the molecule is COc1ccc2c(c1)OC1CN(C(=O)O)CCC21. The van der Waals surface area contributed by atoms with Crippen molar-refractivity contribution in [2.45, 2.75) is 18.4 Å². The summed E-state index contributed by atoms with van der Waals surface area (Å²) < 4.78 is 11.0. The number of carbonyl (C=O) groups is 1. The monoisotopic (exact) mass is 249 g/mol. The normalized spacial score (nSPS) is 25.1. The number of piperidine rings is 1. The molecule has 0 saturated carbocycles.